The van der Waals surface area contributed by atoms with Gasteiger partial charge in [0.15, 0.2) is 6.10 Å². The lowest BCUT2D eigenvalue weighted by Gasteiger charge is -2.18. The number of unbranched alkanes of at least 4 members (excludes halogenated alkanes) is 14. The predicted octanol–water partition coefficient (Wildman–Crippen LogP) is 18.3. The van der Waals surface area contributed by atoms with Crippen LogP contribution < -0.4 is 0 Å². The molecule has 0 aromatic heterocycles. The van der Waals surface area contributed by atoms with E-state index in [1.807, 2.05) is 0 Å². The fourth-order valence-electron chi connectivity index (χ4n) is 6.77. The molecule has 0 heterocycles. The Balaban J connectivity index is 4.58. The Morgan fingerprint density at radius 2 is 0.603 bits per heavy atom. The fraction of sp³-hybridized carbons (Fsp3) is 0.597. The van der Waals surface area contributed by atoms with Crippen molar-refractivity contribution >= 4 is 17.9 Å². The molecule has 0 fully saturated rings. The Morgan fingerprint density at radius 3 is 1.00 bits per heavy atom. The minimum Gasteiger partial charge on any atom is -0.462 e. The van der Waals surface area contributed by atoms with Crippen molar-refractivity contribution in [3.05, 3.63) is 134 Å². The molecule has 0 rings (SSSR count). The Kier molecular flexibility index (Phi) is 51.5. The molecule has 6 nitrogen and oxygen atoms in total. The van der Waals surface area contributed by atoms with Crippen molar-refractivity contribution in [3.8, 4) is 0 Å². The molecule has 0 unspecified atom stereocenters. The molecule has 0 N–H and O–H groups in total. The van der Waals surface area contributed by atoms with Gasteiger partial charge in [-0.1, -0.05) is 206 Å². The second-order valence-electron chi connectivity index (χ2n) is 17.4. The van der Waals surface area contributed by atoms with Crippen LogP contribution in [0.25, 0.3) is 0 Å². The first-order valence-corrected chi connectivity index (χ1v) is 27.2. The average molecular weight is 939 g/mol. The lowest BCUT2D eigenvalue weighted by Crippen LogP contribution is -2.30. The lowest BCUT2D eigenvalue weighted by atomic mass is 10.1. The van der Waals surface area contributed by atoms with Crippen molar-refractivity contribution in [2.75, 3.05) is 13.2 Å². The van der Waals surface area contributed by atoms with Gasteiger partial charge in [-0.25, -0.2) is 0 Å². The van der Waals surface area contributed by atoms with Gasteiger partial charge in [0.05, 0.1) is 0 Å². The minimum absolute atomic E-state index is 0.123. The second-order valence-corrected chi connectivity index (χ2v) is 17.4. The monoisotopic (exact) mass is 939 g/mol. The highest BCUT2D eigenvalue weighted by atomic mass is 16.6. The third-order valence-corrected chi connectivity index (χ3v) is 10.9. The minimum atomic E-state index is -0.832. The zero-order valence-electron chi connectivity index (χ0n) is 43.6. The second kappa shape index (κ2) is 55.1. The van der Waals surface area contributed by atoms with Crippen molar-refractivity contribution < 1.29 is 28.6 Å². The molecule has 0 aliphatic heterocycles. The number of allylic oxidation sites excluding steroid dienone is 22. The van der Waals surface area contributed by atoms with Gasteiger partial charge in [-0.05, 0) is 128 Å². The number of hydrogen-bond acceptors (Lipinski definition) is 6. The fourth-order valence-corrected chi connectivity index (χ4v) is 6.77. The van der Waals surface area contributed by atoms with Gasteiger partial charge in [0.2, 0.25) is 0 Å². The van der Waals surface area contributed by atoms with Crippen LogP contribution in [0.15, 0.2) is 134 Å². The highest BCUT2D eigenvalue weighted by Gasteiger charge is 2.19. The van der Waals surface area contributed by atoms with Crippen LogP contribution in [0.3, 0.4) is 0 Å². The Morgan fingerprint density at radius 1 is 0.309 bits per heavy atom. The summed E-state index contributed by atoms with van der Waals surface area (Å²) in [7, 11) is 0. The van der Waals surface area contributed by atoms with Crippen LogP contribution in [0.2, 0.25) is 0 Å². The molecule has 0 aromatic rings. The van der Waals surface area contributed by atoms with Crippen LogP contribution >= 0.6 is 0 Å². The molecular weight excluding hydrogens is 841 g/mol. The summed E-state index contributed by atoms with van der Waals surface area (Å²) >= 11 is 0. The summed E-state index contributed by atoms with van der Waals surface area (Å²) in [5.74, 6) is -1.03. The van der Waals surface area contributed by atoms with Gasteiger partial charge in [-0.15, -0.1) is 0 Å². The van der Waals surface area contributed by atoms with Gasteiger partial charge < -0.3 is 14.2 Å². The molecule has 6 heteroatoms. The van der Waals surface area contributed by atoms with Gasteiger partial charge in [-0.2, -0.15) is 0 Å². The zero-order chi connectivity index (χ0) is 49.3. The van der Waals surface area contributed by atoms with Crippen LogP contribution in [0, 0.1) is 0 Å². The maximum Gasteiger partial charge on any atom is 0.306 e. The van der Waals surface area contributed by atoms with Gasteiger partial charge in [0.25, 0.3) is 0 Å². The van der Waals surface area contributed by atoms with E-state index in [-0.39, 0.29) is 37.5 Å². The van der Waals surface area contributed by atoms with E-state index in [4.69, 9.17) is 14.2 Å². The van der Waals surface area contributed by atoms with Crippen molar-refractivity contribution in [3.63, 3.8) is 0 Å². The first-order valence-electron chi connectivity index (χ1n) is 27.2. The van der Waals surface area contributed by atoms with Crippen molar-refractivity contribution in [2.24, 2.45) is 0 Å². The summed E-state index contributed by atoms with van der Waals surface area (Å²) in [5.41, 5.74) is 0. The number of esters is 3. The van der Waals surface area contributed by atoms with Crippen molar-refractivity contribution in [2.45, 2.75) is 226 Å². The molecule has 1 atom stereocenters. The Hall–Kier alpha value is -4.45. The molecule has 0 aliphatic carbocycles. The number of carbonyl (C=O) groups excluding carboxylic acids is 3. The lowest BCUT2D eigenvalue weighted by molar-refractivity contribution is -0.167. The molecule has 0 saturated heterocycles. The standard InChI is InChI=1S/C62H98O6/c1-4-7-10-13-16-19-22-25-28-30-31-33-34-37-40-43-46-49-52-55-61(64)67-58-59(57-66-60(63)54-51-48-45-42-39-36-27-24-21-18-15-12-9-6-3)68-62(65)56-53-50-47-44-41-38-35-32-29-26-23-20-17-14-11-8-5-2/h8,11,15-20,24-29,31,33,35,37-38,40,44,47,59H,4-7,9-10,12-14,21-23,30,32,34,36,39,41-43,45-46,48-58H2,1-3H3/b11-8-,18-15-,19-16-,20-17-,27-24-,28-25-,29-26-,33-31-,38-35-,40-37-,47-44-/t59-/m1/s1. The normalized spacial score (nSPS) is 13.2. The average Bonchev–Trinajstić information content (AvgIpc) is 3.34. The van der Waals surface area contributed by atoms with Crippen LogP contribution in [0.5, 0.6) is 0 Å². The molecular formula is C62H98O6. The zero-order valence-corrected chi connectivity index (χ0v) is 43.6. The first kappa shape index (κ1) is 63.5. The maximum absolute atomic E-state index is 12.8. The quantitative estimate of drug-likeness (QED) is 0.0262. The third kappa shape index (κ3) is 52.5. The highest BCUT2D eigenvalue weighted by molar-refractivity contribution is 5.71. The summed E-state index contributed by atoms with van der Waals surface area (Å²) in [4.78, 5) is 38.1. The van der Waals surface area contributed by atoms with Gasteiger partial charge in [-0.3, -0.25) is 14.4 Å². The first-order chi connectivity index (χ1) is 33.5. The molecule has 0 aromatic carbocycles. The van der Waals surface area contributed by atoms with E-state index in [9.17, 15) is 14.4 Å². The van der Waals surface area contributed by atoms with Crippen LogP contribution in [-0.2, 0) is 28.6 Å². The number of hydrogen-bond donors (Lipinski definition) is 0. The summed E-state index contributed by atoms with van der Waals surface area (Å²) in [6.07, 6.45) is 77.2. The number of ether oxygens (including phenoxy) is 3. The summed E-state index contributed by atoms with van der Waals surface area (Å²) in [5, 5.41) is 0. The highest BCUT2D eigenvalue weighted by Crippen LogP contribution is 2.11. The molecule has 0 bridgehead atoms. The number of carbonyl (C=O) groups is 3. The molecule has 0 aliphatic rings. The van der Waals surface area contributed by atoms with Gasteiger partial charge in [0, 0.05) is 19.3 Å². The van der Waals surface area contributed by atoms with Crippen LogP contribution in [0.4, 0.5) is 0 Å². The van der Waals surface area contributed by atoms with E-state index < -0.39 is 6.10 Å². The van der Waals surface area contributed by atoms with E-state index in [2.05, 4.69) is 154 Å². The van der Waals surface area contributed by atoms with Gasteiger partial charge >= 0.3 is 17.9 Å². The van der Waals surface area contributed by atoms with E-state index in [1.54, 1.807) is 0 Å². The number of rotatable bonds is 47. The summed E-state index contributed by atoms with van der Waals surface area (Å²) in [6, 6.07) is 0. The van der Waals surface area contributed by atoms with Crippen LogP contribution in [0.1, 0.15) is 220 Å². The van der Waals surface area contributed by atoms with E-state index >= 15 is 0 Å². The Labute approximate surface area is 417 Å². The maximum atomic E-state index is 12.8. The molecule has 0 spiro atoms. The third-order valence-electron chi connectivity index (χ3n) is 10.9. The summed E-state index contributed by atoms with van der Waals surface area (Å²) < 4.78 is 16.7. The molecule has 0 amide bonds. The van der Waals surface area contributed by atoms with E-state index in [0.717, 1.165) is 128 Å². The predicted molar refractivity (Wildman–Crippen MR) is 292 cm³/mol. The van der Waals surface area contributed by atoms with Crippen molar-refractivity contribution in [1.82, 2.24) is 0 Å². The molecule has 68 heavy (non-hydrogen) atoms. The Bertz CT molecular complexity index is 1500. The molecule has 0 saturated carbocycles. The van der Waals surface area contributed by atoms with Crippen molar-refractivity contribution in [1.29, 1.82) is 0 Å². The van der Waals surface area contributed by atoms with E-state index in [0.29, 0.717) is 19.3 Å². The SMILES string of the molecule is CC/C=C\C/C=C\C/C=C\C/C=C\C/C=C\CCCC(=O)O[C@@H](COC(=O)CCCCC/C=C\C/C=C\C/C=C\C/C=C\CCCCC)COC(=O)CCCCCCC/C=C\C/C=C\CCCC. The summed E-state index contributed by atoms with van der Waals surface area (Å²) in [6.45, 7) is 6.35. The largest absolute Gasteiger partial charge is 0.462 e. The molecule has 382 valence electrons. The van der Waals surface area contributed by atoms with Gasteiger partial charge in [0.1, 0.15) is 13.2 Å². The van der Waals surface area contributed by atoms with Crippen LogP contribution in [-0.4, -0.2) is 37.2 Å². The topological polar surface area (TPSA) is 78.9 Å². The molecule has 0 radical (unpaired) electrons. The smallest absolute Gasteiger partial charge is 0.306 e. The van der Waals surface area contributed by atoms with E-state index in [1.165, 1.54) is 44.9 Å².